The van der Waals surface area contributed by atoms with E-state index in [2.05, 4.69) is 59.6 Å². The van der Waals surface area contributed by atoms with Crippen LogP contribution in [0, 0.1) is 0 Å². The van der Waals surface area contributed by atoms with Crippen molar-refractivity contribution in [2.75, 3.05) is 13.2 Å². The molecule has 1 aliphatic rings. The van der Waals surface area contributed by atoms with Crippen molar-refractivity contribution in [3.05, 3.63) is 60.3 Å². The fourth-order valence-electron chi connectivity index (χ4n) is 3.04. The molecule has 2 aromatic carbocycles. The largest absolute Gasteiger partial charge is 0.375 e. The molecule has 0 spiro atoms. The minimum Gasteiger partial charge on any atom is -0.375 e. The molecular weight excluding hydrogens is 316 g/mol. The van der Waals surface area contributed by atoms with Crippen molar-refractivity contribution in [1.29, 1.82) is 0 Å². The van der Waals surface area contributed by atoms with Crippen LogP contribution in [-0.4, -0.2) is 18.1 Å². The van der Waals surface area contributed by atoms with Crippen LogP contribution in [0.1, 0.15) is 12.1 Å². The minimum atomic E-state index is 0.588. The van der Waals surface area contributed by atoms with Gasteiger partial charge in [0.2, 0.25) is 0 Å². The molecule has 4 rings (SSSR count). The maximum Gasteiger partial charge on any atom is 0.0866 e. The maximum atomic E-state index is 5.73. The third kappa shape index (κ3) is 2.88. The zero-order chi connectivity index (χ0) is 16.4. The van der Waals surface area contributed by atoms with Crippen molar-refractivity contribution in [1.82, 2.24) is 4.98 Å². The molecule has 24 heavy (non-hydrogen) atoms. The van der Waals surface area contributed by atoms with Gasteiger partial charge >= 0.3 is 0 Å². The van der Waals surface area contributed by atoms with E-state index >= 15 is 0 Å². The van der Waals surface area contributed by atoms with Crippen molar-refractivity contribution in [3.8, 4) is 22.4 Å². The number of nitrogens with two attached hydrogens (primary N) is 1. The normalized spacial score (nSPS) is 12.2. The lowest BCUT2D eigenvalue weighted by Crippen LogP contribution is -2.04. The second-order valence-electron chi connectivity index (χ2n) is 5.87. The van der Waals surface area contributed by atoms with Crippen molar-refractivity contribution in [2.24, 2.45) is 5.73 Å². The zero-order valence-electron chi connectivity index (χ0n) is 13.4. The smallest absolute Gasteiger partial charge is 0.0866 e. The van der Waals surface area contributed by atoms with Crippen molar-refractivity contribution in [3.63, 3.8) is 0 Å². The van der Waals surface area contributed by atoms with Gasteiger partial charge < -0.3 is 15.5 Å². The van der Waals surface area contributed by atoms with Crippen LogP contribution >= 0.6 is 11.8 Å². The first kappa shape index (κ1) is 15.5. The second kappa shape index (κ2) is 6.85. The molecule has 0 saturated heterocycles. The van der Waals surface area contributed by atoms with E-state index in [0.29, 0.717) is 19.8 Å². The topological polar surface area (TPSA) is 51.0 Å². The van der Waals surface area contributed by atoms with Crippen LogP contribution in [0.15, 0.2) is 64.4 Å². The van der Waals surface area contributed by atoms with Crippen LogP contribution in [0.2, 0.25) is 0 Å². The Morgan fingerprint density at radius 1 is 0.917 bits per heavy atom. The van der Waals surface area contributed by atoms with Crippen LogP contribution in [-0.2, 0) is 11.3 Å². The number of hydrogen-bond donors (Lipinski definition) is 2. The first-order chi connectivity index (χ1) is 11.9. The first-order valence-electron chi connectivity index (χ1n) is 8.23. The summed E-state index contributed by atoms with van der Waals surface area (Å²) >= 11 is 1.83. The molecule has 0 atom stereocenters. The van der Waals surface area contributed by atoms with Crippen molar-refractivity contribution in [2.45, 2.75) is 22.8 Å². The molecule has 0 aliphatic carbocycles. The van der Waals surface area contributed by atoms with Crippen molar-refractivity contribution >= 4 is 11.8 Å². The summed E-state index contributed by atoms with van der Waals surface area (Å²) in [5.41, 5.74) is 11.6. The summed E-state index contributed by atoms with van der Waals surface area (Å²) in [5, 5.41) is 0. The molecular formula is C20H20N2OS. The molecule has 0 amide bonds. The number of hydrogen-bond acceptors (Lipinski definition) is 3. The summed E-state index contributed by atoms with van der Waals surface area (Å²) in [7, 11) is 0. The van der Waals surface area contributed by atoms with Gasteiger partial charge in [-0.2, -0.15) is 0 Å². The molecule has 3 nitrogen and oxygen atoms in total. The third-order valence-corrected chi connectivity index (χ3v) is 5.33. The van der Waals surface area contributed by atoms with Gasteiger partial charge in [0.25, 0.3) is 0 Å². The summed E-state index contributed by atoms with van der Waals surface area (Å²) in [5.74, 6) is 0. The highest BCUT2D eigenvalue weighted by molar-refractivity contribution is 7.99. The van der Waals surface area contributed by atoms with Gasteiger partial charge in [0, 0.05) is 33.2 Å². The van der Waals surface area contributed by atoms with Gasteiger partial charge in [0.05, 0.1) is 12.3 Å². The SMILES string of the molecule is NCCCOCc1cc2c([nH]1)-c1ccccc1Sc1ccccc1-2. The molecule has 3 aromatic rings. The van der Waals surface area contributed by atoms with Crippen LogP contribution in [0.3, 0.4) is 0 Å². The molecule has 122 valence electrons. The lowest BCUT2D eigenvalue weighted by molar-refractivity contribution is 0.118. The zero-order valence-corrected chi connectivity index (χ0v) is 14.2. The summed E-state index contributed by atoms with van der Waals surface area (Å²) in [6.45, 7) is 1.95. The van der Waals surface area contributed by atoms with E-state index in [1.54, 1.807) is 0 Å². The standard InChI is InChI=1S/C20H20N2OS/c21-10-5-11-23-13-14-12-17-15-6-1-3-8-18(15)24-19-9-4-2-7-16(19)20(17)22-14/h1-4,6-9,12,22H,5,10-11,13,21H2. The monoisotopic (exact) mass is 336 g/mol. The third-order valence-electron chi connectivity index (χ3n) is 4.18. The molecule has 2 heterocycles. The predicted molar refractivity (Wildman–Crippen MR) is 99.1 cm³/mol. The highest BCUT2D eigenvalue weighted by Gasteiger charge is 2.21. The molecule has 0 unspecified atom stereocenters. The Hall–Kier alpha value is -2.01. The number of fused-ring (bicyclic) bond motifs is 5. The van der Waals surface area contributed by atoms with E-state index in [-0.39, 0.29) is 0 Å². The van der Waals surface area contributed by atoms with Gasteiger partial charge in [-0.1, -0.05) is 48.2 Å². The molecule has 4 heteroatoms. The number of aromatic nitrogens is 1. The Kier molecular flexibility index (Phi) is 4.43. The minimum absolute atomic E-state index is 0.588. The Bertz CT molecular complexity index is 793. The Labute approximate surface area is 146 Å². The van der Waals surface area contributed by atoms with Crippen molar-refractivity contribution < 1.29 is 4.74 Å². The number of aromatic amines is 1. The van der Waals surface area contributed by atoms with Crippen LogP contribution in [0.25, 0.3) is 22.4 Å². The fourth-order valence-corrected chi connectivity index (χ4v) is 4.14. The first-order valence-corrected chi connectivity index (χ1v) is 9.05. The second-order valence-corrected chi connectivity index (χ2v) is 6.96. The fraction of sp³-hybridized carbons (Fsp3) is 0.200. The summed E-state index contributed by atoms with van der Waals surface area (Å²) in [6, 6.07) is 19.4. The van der Waals surface area contributed by atoms with Gasteiger partial charge in [-0.25, -0.2) is 0 Å². The average Bonchev–Trinajstić information content (AvgIpc) is 2.98. The summed E-state index contributed by atoms with van der Waals surface area (Å²) in [4.78, 5) is 6.15. The molecule has 0 fully saturated rings. The quantitative estimate of drug-likeness (QED) is 0.520. The van der Waals surface area contributed by atoms with E-state index in [9.17, 15) is 0 Å². The Morgan fingerprint density at radius 2 is 1.62 bits per heavy atom. The lowest BCUT2D eigenvalue weighted by Gasteiger charge is -2.06. The van der Waals surface area contributed by atoms with Gasteiger partial charge in [-0.05, 0) is 36.7 Å². The number of benzene rings is 2. The molecule has 1 aliphatic heterocycles. The van der Waals surface area contributed by atoms with E-state index in [1.807, 2.05) is 11.8 Å². The molecule has 0 radical (unpaired) electrons. The number of rotatable bonds is 5. The van der Waals surface area contributed by atoms with E-state index in [4.69, 9.17) is 10.5 Å². The molecule has 0 bridgehead atoms. The predicted octanol–water partition coefficient (Wildman–Crippen LogP) is 4.68. The van der Waals surface area contributed by atoms with Crippen LogP contribution in [0.4, 0.5) is 0 Å². The number of H-pyrrole nitrogens is 1. The Morgan fingerprint density at radius 3 is 2.42 bits per heavy atom. The van der Waals surface area contributed by atoms with E-state index in [1.165, 1.54) is 32.2 Å². The van der Waals surface area contributed by atoms with Gasteiger partial charge in [-0.3, -0.25) is 0 Å². The van der Waals surface area contributed by atoms with Crippen LogP contribution < -0.4 is 5.73 Å². The molecule has 3 N–H and O–H groups in total. The Balaban J connectivity index is 1.77. The van der Waals surface area contributed by atoms with Gasteiger partial charge in [0.15, 0.2) is 0 Å². The number of ether oxygens (including phenoxy) is 1. The summed E-state index contributed by atoms with van der Waals surface area (Å²) < 4.78 is 5.73. The van der Waals surface area contributed by atoms with E-state index < -0.39 is 0 Å². The highest BCUT2D eigenvalue weighted by atomic mass is 32.2. The lowest BCUT2D eigenvalue weighted by atomic mass is 10.0. The number of nitrogens with one attached hydrogen (secondary N) is 1. The van der Waals surface area contributed by atoms with Crippen LogP contribution in [0.5, 0.6) is 0 Å². The highest BCUT2D eigenvalue weighted by Crippen LogP contribution is 2.47. The average molecular weight is 336 g/mol. The van der Waals surface area contributed by atoms with Gasteiger partial charge in [0.1, 0.15) is 0 Å². The summed E-state index contributed by atoms with van der Waals surface area (Å²) in [6.07, 6.45) is 0.892. The van der Waals surface area contributed by atoms with E-state index in [0.717, 1.165) is 12.1 Å². The molecule has 1 aromatic heterocycles. The molecule has 0 saturated carbocycles. The van der Waals surface area contributed by atoms with Gasteiger partial charge in [-0.15, -0.1) is 0 Å². The maximum absolute atomic E-state index is 5.73.